The van der Waals surface area contributed by atoms with Crippen molar-refractivity contribution in [2.75, 3.05) is 0 Å². The van der Waals surface area contributed by atoms with Crippen LogP contribution in [0.5, 0.6) is 11.5 Å². The van der Waals surface area contributed by atoms with E-state index in [1.165, 1.54) is 30.3 Å². The molecule has 28 heavy (non-hydrogen) atoms. The predicted octanol–water partition coefficient (Wildman–Crippen LogP) is 4.61. The first-order valence-corrected chi connectivity index (χ1v) is 9.79. The molecule has 3 rings (SSSR count). The van der Waals surface area contributed by atoms with E-state index in [9.17, 15) is 13.2 Å². The fourth-order valence-electron chi connectivity index (χ4n) is 2.32. The van der Waals surface area contributed by atoms with E-state index in [0.29, 0.717) is 32.7 Å². The van der Waals surface area contributed by atoms with Crippen LogP contribution in [0.4, 0.5) is 0 Å². The van der Waals surface area contributed by atoms with E-state index < -0.39 is 10.1 Å². The van der Waals surface area contributed by atoms with Gasteiger partial charge in [-0.1, -0.05) is 23.2 Å². The third kappa shape index (κ3) is 5.58. The normalized spacial score (nSPS) is 10.8. The van der Waals surface area contributed by atoms with Crippen LogP contribution in [0.2, 0.25) is 10.0 Å². The van der Waals surface area contributed by atoms with Gasteiger partial charge >= 0.3 is 29.6 Å². The fourth-order valence-corrected chi connectivity index (χ4v) is 3.17. The molecule has 0 aromatic heterocycles. The van der Waals surface area contributed by atoms with E-state index in [4.69, 9.17) is 32.5 Å². The number of carbonyl (C=O) groups excluding carboxylic acids is 1. The summed E-state index contributed by atoms with van der Waals surface area (Å²) in [7, 11) is -4.25. The van der Waals surface area contributed by atoms with E-state index in [1.807, 2.05) is 0 Å². The van der Waals surface area contributed by atoms with Crippen molar-refractivity contribution in [1.29, 1.82) is 0 Å². The summed E-state index contributed by atoms with van der Waals surface area (Å²) in [5.41, 5.74) is 0.715. The molecular weight excluding hydrogens is 434 g/mol. The van der Waals surface area contributed by atoms with Crippen LogP contribution < -0.4 is 4.74 Å². The summed E-state index contributed by atoms with van der Waals surface area (Å²) in [6.07, 6.45) is 0. The van der Waals surface area contributed by atoms with Crippen molar-refractivity contribution in [2.45, 2.75) is 4.90 Å². The molecule has 0 heterocycles. The van der Waals surface area contributed by atoms with Crippen LogP contribution >= 0.6 is 23.2 Å². The molecule has 0 aliphatic heterocycles. The molecule has 0 radical (unpaired) electrons. The molecule has 0 amide bonds. The summed E-state index contributed by atoms with van der Waals surface area (Å²) >= 11 is 12.0. The molecule has 0 spiro atoms. The van der Waals surface area contributed by atoms with Gasteiger partial charge in [-0.25, -0.2) is 0 Å². The van der Waals surface area contributed by atoms with Crippen LogP contribution in [0.3, 0.4) is 0 Å². The summed E-state index contributed by atoms with van der Waals surface area (Å²) in [4.78, 5) is 12.3. The molecule has 0 fully saturated rings. The van der Waals surface area contributed by atoms with Crippen molar-refractivity contribution in [3.05, 3.63) is 87.9 Å². The molecule has 3 aromatic rings. The second kappa shape index (κ2) is 9.41. The Labute approximate surface area is 194 Å². The van der Waals surface area contributed by atoms with E-state index in [0.717, 1.165) is 0 Å². The van der Waals surface area contributed by atoms with Gasteiger partial charge in [0.2, 0.25) is 0 Å². The first-order valence-electron chi connectivity index (χ1n) is 7.59. The second-order valence-electron chi connectivity index (χ2n) is 5.53. The summed E-state index contributed by atoms with van der Waals surface area (Å²) in [5, 5.41) is 0.722. The molecule has 5 nitrogen and oxygen atoms in total. The summed E-state index contributed by atoms with van der Waals surface area (Å²) in [6.45, 7) is 0. The zero-order valence-corrected chi connectivity index (χ0v) is 15.9. The Kier molecular flexibility index (Phi) is 7.70. The number of rotatable bonds is 5. The van der Waals surface area contributed by atoms with E-state index in [2.05, 4.69) is 0 Å². The van der Waals surface area contributed by atoms with Crippen molar-refractivity contribution in [3.8, 4) is 11.5 Å². The number of benzene rings is 3. The van der Waals surface area contributed by atoms with E-state index in [1.54, 1.807) is 36.4 Å². The Morgan fingerprint density at radius 2 is 1.39 bits per heavy atom. The third-order valence-corrected chi connectivity index (χ3v) is 5.08. The Bertz CT molecular complexity index is 1100. The molecule has 0 saturated heterocycles. The van der Waals surface area contributed by atoms with Gasteiger partial charge in [-0.2, -0.15) is 8.42 Å². The standard InChI is InChI=1S/C19H12Cl2O5S.Na.H/c20-13-3-10-18(21)17(11-13)19(22)12-1-4-14(5-2-12)26-15-6-8-16(9-7-15)27(23,24)25;;/h1-11H,(H,23,24,25);;. The zero-order valence-electron chi connectivity index (χ0n) is 13.6. The maximum absolute atomic E-state index is 12.6. The molecule has 0 saturated carbocycles. The number of ketones is 1. The van der Waals surface area contributed by atoms with Crippen LogP contribution in [0.15, 0.2) is 71.6 Å². The molecule has 0 aliphatic carbocycles. The molecule has 0 aliphatic rings. The minimum absolute atomic E-state index is 0. The van der Waals surface area contributed by atoms with Gasteiger partial charge in [-0.15, -0.1) is 0 Å². The number of halogens is 2. The molecule has 0 atom stereocenters. The molecule has 140 valence electrons. The fraction of sp³-hybridized carbons (Fsp3) is 0. The zero-order chi connectivity index (χ0) is 19.6. The molecule has 3 aromatic carbocycles. The van der Waals surface area contributed by atoms with Crippen molar-refractivity contribution in [3.63, 3.8) is 0 Å². The molecule has 0 unspecified atom stereocenters. The van der Waals surface area contributed by atoms with Gasteiger partial charge in [0, 0.05) is 16.1 Å². The first-order chi connectivity index (χ1) is 12.7. The van der Waals surface area contributed by atoms with Crippen molar-refractivity contribution in [2.24, 2.45) is 0 Å². The number of ether oxygens (including phenoxy) is 1. The van der Waals surface area contributed by atoms with Gasteiger partial charge in [-0.05, 0) is 66.7 Å². The minimum atomic E-state index is -4.25. The van der Waals surface area contributed by atoms with E-state index in [-0.39, 0.29) is 40.2 Å². The van der Waals surface area contributed by atoms with Gasteiger partial charge < -0.3 is 4.74 Å². The quantitative estimate of drug-likeness (QED) is 0.351. The summed E-state index contributed by atoms with van der Waals surface area (Å²) in [5.74, 6) is 0.550. The van der Waals surface area contributed by atoms with Gasteiger partial charge in [-0.3, -0.25) is 9.35 Å². The Hall–Kier alpha value is -1.38. The average Bonchev–Trinajstić information content (AvgIpc) is 2.63. The Morgan fingerprint density at radius 3 is 1.93 bits per heavy atom. The van der Waals surface area contributed by atoms with Crippen LogP contribution in [0, 0.1) is 0 Å². The van der Waals surface area contributed by atoms with E-state index >= 15 is 0 Å². The second-order valence-corrected chi connectivity index (χ2v) is 7.79. The van der Waals surface area contributed by atoms with Crippen LogP contribution in [0.1, 0.15) is 15.9 Å². The van der Waals surface area contributed by atoms with Crippen LogP contribution in [-0.4, -0.2) is 48.3 Å². The Morgan fingerprint density at radius 1 is 0.857 bits per heavy atom. The van der Waals surface area contributed by atoms with Crippen LogP contribution in [0.25, 0.3) is 0 Å². The summed E-state index contributed by atoms with van der Waals surface area (Å²) in [6, 6.07) is 16.3. The van der Waals surface area contributed by atoms with Gasteiger partial charge in [0.1, 0.15) is 11.5 Å². The van der Waals surface area contributed by atoms with Gasteiger partial charge in [0.05, 0.1) is 9.92 Å². The average molecular weight is 447 g/mol. The van der Waals surface area contributed by atoms with Crippen LogP contribution in [-0.2, 0) is 10.1 Å². The first kappa shape index (κ1) is 22.9. The topological polar surface area (TPSA) is 80.7 Å². The van der Waals surface area contributed by atoms with Gasteiger partial charge in [0.25, 0.3) is 10.1 Å². The number of carbonyl (C=O) groups is 1. The molecular formula is C19H13Cl2NaO5S. The molecule has 0 bridgehead atoms. The van der Waals surface area contributed by atoms with Crippen molar-refractivity contribution in [1.82, 2.24) is 0 Å². The number of hydrogen-bond donors (Lipinski definition) is 1. The molecule has 1 N–H and O–H groups in total. The predicted molar refractivity (Wildman–Crippen MR) is 110 cm³/mol. The number of hydrogen-bond acceptors (Lipinski definition) is 4. The van der Waals surface area contributed by atoms with Gasteiger partial charge in [0.15, 0.2) is 5.78 Å². The molecule has 9 heteroatoms. The monoisotopic (exact) mass is 446 g/mol. The maximum atomic E-state index is 12.6. The van der Waals surface area contributed by atoms with Crippen molar-refractivity contribution < 1.29 is 22.5 Å². The Balaban J connectivity index is 0.00000280. The third-order valence-electron chi connectivity index (χ3n) is 3.65. The SMILES string of the molecule is O=C(c1ccc(Oc2ccc(S(=O)(=O)O)cc2)cc1)c1cc(Cl)ccc1Cl.[NaH]. The summed E-state index contributed by atoms with van der Waals surface area (Å²) < 4.78 is 36.6. The van der Waals surface area contributed by atoms with Crippen molar-refractivity contribution >= 4 is 68.7 Å².